The third kappa shape index (κ3) is 6.74. The smallest absolute Gasteiger partial charge is 0.343 e. The largest absolute Gasteiger partial charge is 0.466 e. The second kappa shape index (κ2) is 12.1. The zero-order valence-electron chi connectivity index (χ0n) is 17.8. The second-order valence-electron chi connectivity index (χ2n) is 7.17. The molecular formula is C25H32O4. The van der Waals surface area contributed by atoms with Gasteiger partial charge in [0.05, 0.1) is 18.1 Å². The van der Waals surface area contributed by atoms with Gasteiger partial charge in [-0.2, -0.15) is 0 Å². The predicted octanol–water partition coefficient (Wildman–Crippen LogP) is 6.09. The fourth-order valence-corrected chi connectivity index (χ4v) is 3.26. The summed E-state index contributed by atoms with van der Waals surface area (Å²) in [5, 5.41) is 0. The molecule has 2 aromatic carbocycles. The lowest BCUT2D eigenvalue weighted by atomic mass is 9.93. The number of carbonyl (C=O) groups excluding carboxylic acids is 2. The summed E-state index contributed by atoms with van der Waals surface area (Å²) in [7, 11) is 0. The van der Waals surface area contributed by atoms with Crippen molar-refractivity contribution >= 4 is 11.9 Å². The number of hydrogen-bond acceptors (Lipinski definition) is 4. The van der Waals surface area contributed by atoms with E-state index in [9.17, 15) is 9.59 Å². The molecule has 4 heteroatoms. The van der Waals surface area contributed by atoms with E-state index in [0.717, 1.165) is 32.1 Å². The van der Waals surface area contributed by atoms with Gasteiger partial charge in [0.2, 0.25) is 0 Å². The molecule has 1 atom stereocenters. The summed E-state index contributed by atoms with van der Waals surface area (Å²) in [4.78, 5) is 25.2. The maximum atomic E-state index is 12.7. The number of esters is 2. The van der Waals surface area contributed by atoms with E-state index in [1.165, 1.54) is 5.56 Å². The van der Waals surface area contributed by atoms with Gasteiger partial charge >= 0.3 is 11.9 Å². The third-order valence-electron chi connectivity index (χ3n) is 4.92. The summed E-state index contributed by atoms with van der Waals surface area (Å²) in [6.45, 7) is 6.37. The summed E-state index contributed by atoms with van der Waals surface area (Å²) in [5.74, 6) is -0.709. The van der Waals surface area contributed by atoms with E-state index < -0.39 is 11.9 Å². The first kappa shape index (κ1) is 22.7. The maximum Gasteiger partial charge on any atom is 0.343 e. The number of carbonyl (C=O) groups is 2. The van der Waals surface area contributed by atoms with Crippen LogP contribution in [0.2, 0.25) is 0 Å². The molecule has 0 aromatic heterocycles. The minimum Gasteiger partial charge on any atom is -0.466 e. The number of ether oxygens (including phenoxy) is 2. The molecule has 0 fully saturated rings. The Morgan fingerprint density at radius 1 is 0.897 bits per heavy atom. The van der Waals surface area contributed by atoms with Gasteiger partial charge < -0.3 is 9.47 Å². The van der Waals surface area contributed by atoms with Crippen molar-refractivity contribution in [2.24, 2.45) is 0 Å². The van der Waals surface area contributed by atoms with Crippen LogP contribution in [0.1, 0.15) is 80.3 Å². The minimum absolute atomic E-state index is 0.273. The maximum absolute atomic E-state index is 12.7. The van der Waals surface area contributed by atoms with Crippen molar-refractivity contribution in [3.63, 3.8) is 0 Å². The van der Waals surface area contributed by atoms with Gasteiger partial charge in [0.25, 0.3) is 0 Å². The molecule has 0 amide bonds. The van der Waals surface area contributed by atoms with Crippen molar-refractivity contribution in [3.8, 4) is 5.75 Å². The van der Waals surface area contributed by atoms with Crippen LogP contribution < -0.4 is 4.74 Å². The average Bonchev–Trinajstić information content (AvgIpc) is 2.74. The van der Waals surface area contributed by atoms with Crippen LogP contribution in [-0.4, -0.2) is 18.5 Å². The van der Waals surface area contributed by atoms with E-state index in [4.69, 9.17) is 9.47 Å². The molecule has 0 saturated heterocycles. The predicted molar refractivity (Wildman–Crippen MR) is 115 cm³/mol. The quantitative estimate of drug-likeness (QED) is 0.341. The van der Waals surface area contributed by atoms with Crippen LogP contribution in [0, 0.1) is 0 Å². The van der Waals surface area contributed by atoms with E-state index in [0.29, 0.717) is 29.9 Å². The van der Waals surface area contributed by atoms with Crippen LogP contribution in [0.5, 0.6) is 5.75 Å². The number of rotatable bonds is 11. The number of para-hydroxylation sites is 1. The fourth-order valence-electron chi connectivity index (χ4n) is 3.26. The molecule has 0 aliphatic carbocycles. The zero-order valence-corrected chi connectivity index (χ0v) is 17.8. The van der Waals surface area contributed by atoms with Gasteiger partial charge in [-0.3, -0.25) is 4.79 Å². The van der Waals surface area contributed by atoms with Crippen LogP contribution >= 0.6 is 0 Å². The molecule has 0 N–H and O–H groups in total. The van der Waals surface area contributed by atoms with Gasteiger partial charge in [-0.25, -0.2) is 4.79 Å². The summed E-state index contributed by atoms with van der Waals surface area (Å²) in [6, 6.07) is 14.8. The Morgan fingerprint density at radius 3 is 2.24 bits per heavy atom. The van der Waals surface area contributed by atoms with Crippen LogP contribution in [0.15, 0.2) is 48.5 Å². The van der Waals surface area contributed by atoms with E-state index in [1.54, 1.807) is 25.1 Å². The highest BCUT2D eigenvalue weighted by Crippen LogP contribution is 2.32. The molecule has 156 valence electrons. The number of aryl methyl sites for hydroxylation is 1. The highest BCUT2D eigenvalue weighted by molar-refractivity contribution is 5.91. The summed E-state index contributed by atoms with van der Waals surface area (Å²) in [5.41, 5.74) is 2.42. The Labute approximate surface area is 174 Å². The third-order valence-corrected chi connectivity index (χ3v) is 4.92. The standard InChI is InChI=1S/C25H32O4/c1-4-7-11-19-15-17-20(18-16-19)24(26)29-23-14-10-9-13-21(23)22(12-8-5-2)25(27)28-6-3/h9-10,13-18,22H,4-8,11-12H2,1-3H3. The molecule has 4 nitrogen and oxygen atoms in total. The molecule has 0 bridgehead atoms. The van der Waals surface area contributed by atoms with Crippen LogP contribution in [0.3, 0.4) is 0 Å². The van der Waals surface area contributed by atoms with E-state index in [-0.39, 0.29) is 5.97 Å². The minimum atomic E-state index is -0.435. The van der Waals surface area contributed by atoms with Crippen molar-refractivity contribution in [1.29, 1.82) is 0 Å². The SMILES string of the molecule is CCCCc1ccc(C(=O)Oc2ccccc2C(CCCC)C(=O)OCC)cc1. The highest BCUT2D eigenvalue weighted by atomic mass is 16.5. The summed E-state index contributed by atoms with van der Waals surface area (Å²) < 4.78 is 11.0. The van der Waals surface area contributed by atoms with Gasteiger partial charge in [0.15, 0.2) is 0 Å². The molecule has 1 unspecified atom stereocenters. The molecular weight excluding hydrogens is 364 g/mol. The van der Waals surface area contributed by atoms with Crippen molar-refractivity contribution in [2.45, 2.75) is 65.2 Å². The van der Waals surface area contributed by atoms with Crippen LogP contribution in [0.25, 0.3) is 0 Å². The first-order chi connectivity index (χ1) is 14.1. The van der Waals surface area contributed by atoms with Crippen LogP contribution in [0.4, 0.5) is 0 Å². The lowest BCUT2D eigenvalue weighted by molar-refractivity contribution is -0.145. The second-order valence-corrected chi connectivity index (χ2v) is 7.17. The van der Waals surface area contributed by atoms with Crippen molar-refractivity contribution < 1.29 is 19.1 Å². The molecule has 2 aromatic rings. The Balaban J connectivity index is 2.20. The number of benzene rings is 2. The van der Waals surface area contributed by atoms with Crippen molar-refractivity contribution in [2.75, 3.05) is 6.61 Å². The van der Waals surface area contributed by atoms with Gasteiger partial charge in [-0.15, -0.1) is 0 Å². The van der Waals surface area contributed by atoms with Gasteiger partial charge in [0, 0.05) is 5.56 Å². The monoisotopic (exact) mass is 396 g/mol. The molecule has 0 radical (unpaired) electrons. The lowest BCUT2D eigenvalue weighted by Crippen LogP contribution is -2.18. The normalized spacial score (nSPS) is 11.7. The van der Waals surface area contributed by atoms with Gasteiger partial charge in [-0.1, -0.05) is 63.4 Å². The van der Waals surface area contributed by atoms with Crippen LogP contribution in [-0.2, 0) is 16.0 Å². The molecule has 0 saturated carbocycles. The topological polar surface area (TPSA) is 52.6 Å². The Kier molecular flexibility index (Phi) is 9.42. The van der Waals surface area contributed by atoms with Crippen molar-refractivity contribution in [3.05, 3.63) is 65.2 Å². The van der Waals surface area contributed by atoms with Gasteiger partial charge in [-0.05, 0) is 49.9 Å². The summed E-state index contributed by atoms with van der Waals surface area (Å²) in [6.07, 6.45) is 5.81. The Hall–Kier alpha value is -2.62. The molecule has 0 aliphatic heterocycles. The average molecular weight is 397 g/mol. The molecule has 29 heavy (non-hydrogen) atoms. The molecule has 0 heterocycles. The Bertz CT molecular complexity index is 780. The lowest BCUT2D eigenvalue weighted by Gasteiger charge is -2.18. The first-order valence-electron chi connectivity index (χ1n) is 10.7. The Morgan fingerprint density at radius 2 is 1.59 bits per heavy atom. The van der Waals surface area contributed by atoms with Gasteiger partial charge in [0.1, 0.15) is 5.75 Å². The molecule has 0 aliphatic rings. The van der Waals surface area contributed by atoms with E-state index >= 15 is 0 Å². The van der Waals surface area contributed by atoms with Crippen molar-refractivity contribution in [1.82, 2.24) is 0 Å². The zero-order chi connectivity index (χ0) is 21.1. The molecule has 0 spiro atoms. The highest BCUT2D eigenvalue weighted by Gasteiger charge is 2.25. The van der Waals surface area contributed by atoms with E-state index in [1.807, 2.05) is 30.3 Å². The van der Waals surface area contributed by atoms with E-state index in [2.05, 4.69) is 13.8 Å². The first-order valence-corrected chi connectivity index (χ1v) is 10.7. The summed E-state index contributed by atoms with van der Waals surface area (Å²) >= 11 is 0. The fraction of sp³-hybridized carbons (Fsp3) is 0.440. The number of unbranched alkanes of at least 4 members (excludes halogenated alkanes) is 2. The molecule has 2 rings (SSSR count). The number of hydrogen-bond donors (Lipinski definition) is 0.